The first-order chi connectivity index (χ1) is 9.61. The minimum atomic E-state index is -0.590. The molecule has 0 bridgehead atoms. The van der Waals surface area contributed by atoms with E-state index in [1.54, 1.807) is 0 Å². The van der Waals surface area contributed by atoms with Crippen LogP contribution in [0.4, 0.5) is 16.2 Å². The predicted molar refractivity (Wildman–Crippen MR) is 80.5 cm³/mol. The molecule has 0 atom stereocenters. The van der Waals surface area contributed by atoms with Gasteiger partial charge in [0, 0.05) is 6.72 Å². The van der Waals surface area contributed by atoms with Gasteiger partial charge in [-0.3, -0.25) is 4.84 Å². The summed E-state index contributed by atoms with van der Waals surface area (Å²) in [4.78, 5) is 18.2. The van der Waals surface area contributed by atoms with Crippen LogP contribution in [-0.4, -0.2) is 12.8 Å². The van der Waals surface area contributed by atoms with Gasteiger partial charge >= 0.3 is 6.09 Å². The number of nitrogens with zero attached hydrogens (tertiary/aromatic N) is 2. The van der Waals surface area contributed by atoms with E-state index in [1.165, 1.54) is 4.90 Å². The van der Waals surface area contributed by atoms with Crippen LogP contribution in [0.5, 0.6) is 0 Å². The maximum atomic E-state index is 12.1. The molecule has 0 aliphatic heterocycles. The standard InChI is InChI=1S/C16H16N2O2/c1-12-4-8-14(9-5-12)18(16(19)20-17-3)15-10-6-13(2)7-11-15/h4-11H,3H2,1-2H3. The zero-order valence-electron chi connectivity index (χ0n) is 11.5. The second-order valence-electron chi connectivity index (χ2n) is 4.49. The van der Waals surface area contributed by atoms with Crippen molar-refractivity contribution in [3.05, 3.63) is 59.7 Å². The van der Waals surface area contributed by atoms with Crippen molar-refractivity contribution < 1.29 is 9.63 Å². The van der Waals surface area contributed by atoms with E-state index in [1.807, 2.05) is 62.4 Å². The van der Waals surface area contributed by atoms with Gasteiger partial charge in [-0.1, -0.05) is 40.5 Å². The molecular weight excluding hydrogens is 252 g/mol. The van der Waals surface area contributed by atoms with Gasteiger partial charge in [-0.15, -0.1) is 0 Å². The van der Waals surface area contributed by atoms with Crippen LogP contribution in [0, 0.1) is 13.8 Å². The lowest BCUT2D eigenvalue weighted by Crippen LogP contribution is -2.25. The molecule has 2 aromatic rings. The van der Waals surface area contributed by atoms with Crippen LogP contribution in [0.3, 0.4) is 0 Å². The van der Waals surface area contributed by atoms with Gasteiger partial charge in [-0.05, 0) is 38.1 Å². The number of amides is 1. The lowest BCUT2D eigenvalue weighted by molar-refractivity contribution is 0.162. The molecule has 4 nitrogen and oxygen atoms in total. The summed E-state index contributed by atoms with van der Waals surface area (Å²) in [5, 5.41) is 3.20. The Kier molecular flexibility index (Phi) is 4.15. The second-order valence-corrected chi connectivity index (χ2v) is 4.49. The Balaban J connectivity index is 2.43. The van der Waals surface area contributed by atoms with Gasteiger partial charge < -0.3 is 0 Å². The molecule has 0 aliphatic carbocycles. The topological polar surface area (TPSA) is 41.9 Å². The molecule has 20 heavy (non-hydrogen) atoms. The fourth-order valence-corrected chi connectivity index (χ4v) is 1.84. The van der Waals surface area contributed by atoms with Crippen LogP contribution in [0.2, 0.25) is 0 Å². The molecular formula is C16H16N2O2. The fourth-order valence-electron chi connectivity index (χ4n) is 1.84. The Morgan fingerprint density at radius 2 is 1.35 bits per heavy atom. The van der Waals surface area contributed by atoms with Crippen LogP contribution >= 0.6 is 0 Å². The zero-order chi connectivity index (χ0) is 14.5. The molecule has 0 saturated carbocycles. The van der Waals surface area contributed by atoms with Crippen molar-refractivity contribution >= 4 is 24.2 Å². The molecule has 1 amide bonds. The monoisotopic (exact) mass is 268 g/mol. The minimum Gasteiger partial charge on any atom is -0.298 e. The largest absolute Gasteiger partial charge is 0.445 e. The third kappa shape index (κ3) is 3.03. The number of anilines is 2. The number of oxime groups is 1. The van der Waals surface area contributed by atoms with Gasteiger partial charge in [0.05, 0.1) is 11.4 Å². The van der Waals surface area contributed by atoms with Crippen molar-refractivity contribution in [2.24, 2.45) is 5.16 Å². The Labute approximate surface area is 118 Å². The van der Waals surface area contributed by atoms with Crippen molar-refractivity contribution in [3.8, 4) is 0 Å². The van der Waals surface area contributed by atoms with E-state index in [-0.39, 0.29) is 0 Å². The normalized spacial score (nSPS) is 9.90. The molecule has 0 aliphatic rings. The first-order valence-corrected chi connectivity index (χ1v) is 6.22. The number of carbonyl (C=O) groups is 1. The highest BCUT2D eigenvalue weighted by Gasteiger charge is 2.19. The molecule has 0 aromatic heterocycles. The number of rotatable bonds is 3. The molecule has 0 spiro atoms. The molecule has 0 heterocycles. The average molecular weight is 268 g/mol. The maximum Gasteiger partial charge on any atom is 0.445 e. The van der Waals surface area contributed by atoms with Gasteiger partial charge in [-0.2, -0.15) is 0 Å². The summed E-state index contributed by atoms with van der Waals surface area (Å²) >= 11 is 0. The molecule has 2 rings (SSSR count). The van der Waals surface area contributed by atoms with Gasteiger partial charge in [0.25, 0.3) is 0 Å². The molecule has 0 fully saturated rings. The first-order valence-electron chi connectivity index (χ1n) is 6.22. The number of hydrogen-bond donors (Lipinski definition) is 0. The first kappa shape index (κ1) is 13.8. The van der Waals surface area contributed by atoms with Crippen molar-refractivity contribution in [1.82, 2.24) is 0 Å². The average Bonchev–Trinajstić information content (AvgIpc) is 2.44. The van der Waals surface area contributed by atoms with Crippen LogP contribution < -0.4 is 4.90 Å². The highest BCUT2D eigenvalue weighted by molar-refractivity contribution is 5.95. The number of hydrogen-bond acceptors (Lipinski definition) is 3. The van der Waals surface area contributed by atoms with Crippen molar-refractivity contribution in [2.45, 2.75) is 13.8 Å². The van der Waals surface area contributed by atoms with Crippen molar-refractivity contribution in [3.63, 3.8) is 0 Å². The quantitative estimate of drug-likeness (QED) is 0.475. The van der Waals surface area contributed by atoms with Gasteiger partial charge in [0.2, 0.25) is 0 Å². The van der Waals surface area contributed by atoms with Crippen LogP contribution in [0.15, 0.2) is 53.7 Å². The molecule has 0 radical (unpaired) electrons. The predicted octanol–water partition coefficient (Wildman–Crippen LogP) is 4.19. The van der Waals surface area contributed by atoms with Gasteiger partial charge in [-0.25, -0.2) is 9.69 Å². The molecule has 0 saturated heterocycles. The van der Waals surface area contributed by atoms with E-state index < -0.39 is 6.09 Å². The van der Waals surface area contributed by atoms with E-state index in [0.717, 1.165) is 11.1 Å². The Hall–Kier alpha value is -2.62. The molecule has 102 valence electrons. The summed E-state index contributed by atoms with van der Waals surface area (Å²) in [6.07, 6.45) is -0.590. The zero-order valence-corrected chi connectivity index (χ0v) is 11.5. The maximum absolute atomic E-state index is 12.1. The summed E-state index contributed by atoms with van der Waals surface area (Å²) in [6.45, 7) is 7.16. The Morgan fingerprint density at radius 1 is 0.950 bits per heavy atom. The lowest BCUT2D eigenvalue weighted by Gasteiger charge is -2.21. The summed E-state index contributed by atoms with van der Waals surface area (Å²) in [5.74, 6) is 0. The summed E-state index contributed by atoms with van der Waals surface area (Å²) in [5.41, 5.74) is 3.67. The highest BCUT2D eigenvalue weighted by atomic mass is 16.7. The van der Waals surface area contributed by atoms with E-state index in [9.17, 15) is 4.79 Å². The van der Waals surface area contributed by atoms with E-state index in [0.29, 0.717) is 11.4 Å². The van der Waals surface area contributed by atoms with Gasteiger partial charge in [0.15, 0.2) is 0 Å². The smallest absolute Gasteiger partial charge is 0.298 e. The minimum absolute atomic E-state index is 0.590. The Morgan fingerprint density at radius 3 is 1.70 bits per heavy atom. The number of benzene rings is 2. The van der Waals surface area contributed by atoms with Crippen molar-refractivity contribution in [1.29, 1.82) is 0 Å². The molecule has 0 unspecified atom stereocenters. The summed E-state index contributed by atoms with van der Waals surface area (Å²) < 4.78 is 0. The van der Waals surface area contributed by atoms with Gasteiger partial charge in [0.1, 0.15) is 0 Å². The fraction of sp³-hybridized carbons (Fsp3) is 0.125. The number of carbonyl (C=O) groups excluding carboxylic acids is 1. The number of aryl methyl sites for hydroxylation is 2. The van der Waals surface area contributed by atoms with Crippen LogP contribution in [-0.2, 0) is 4.84 Å². The molecule has 4 heteroatoms. The lowest BCUT2D eigenvalue weighted by atomic mass is 10.2. The third-order valence-electron chi connectivity index (χ3n) is 2.91. The van der Waals surface area contributed by atoms with Crippen LogP contribution in [0.25, 0.3) is 0 Å². The van der Waals surface area contributed by atoms with E-state index in [4.69, 9.17) is 0 Å². The highest BCUT2D eigenvalue weighted by Crippen LogP contribution is 2.27. The van der Waals surface area contributed by atoms with E-state index >= 15 is 0 Å². The second kappa shape index (κ2) is 6.02. The Bertz CT molecular complexity index is 558. The van der Waals surface area contributed by atoms with E-state index in [2.05, 4.69) is 16.7 Å². The third-order valence-corrected chi connectivity index (χ3v) is 2.91. The summed E-state index contributed by atoms with van der Waals surface area (Å²) in [6, 6.07) is 15.2. The van der Waals surface area contributed by atoms with Crippen LogP contribution in [0.1, 0.15) is 11.1 Å². The molecule has 2 aromatic carbocycles. The molecule has 0 N–H and O–H groups in total. The SMILES string of the molecule is C=NOC(=O)N(c1ccc(C)cc1)c1ccc(C)cc1. The summed E-state index contributed by atoms with van der Waals surface area (Å²) in [7, 11) is 0. The van der Waals surface area contributed by atoms with Crippen molar-refractivity contribution in [2.75, 3.05) is 4.90 Å².